The summed E-state index contributed by atoms with van der Waals surface area (Å²) in [6.45, 7) is 15.6. The third kappa shape index (κ3) is 4.63. The van der Waals surface area contributed by atoms with E-state index in [1.807, 2.05) is 0 Å². The van der Waals surface area contributed by atoms with E-state index in [-0.39, 0.29) is 0 Å². The molecule has 2 rings (SSSR count). The normalized spacial score (nSPS) is 29.0. The number of ether oxygens (including phenoxy) is 2. The maximum absolute atomic E-state index is 5.52. The van der Waals surface area contributed by atoms with E-state index in [0.717, 1.165) is 24.8 Å². The van der Waals surface area contributed by atoms with Gasteiger partial charge in [0.25, 0.3) is 0 Å². The van der Waals surface area contributed by atoms with Gasteiger partial charge in [0.1, 0.15) is 0 Å². The van der Waals surface area contributed by atoms with E-state index in [4.69, 9.17) is 9.47 Å². The lowest BCUT2D eigenvalue weighted by Crippen LogP contribution is -2.30. The molecule has 0 aromatic heterocycles. The van der Waals surface area contributed by atoms with Gasteiger partial charge in [-0.15, -0.1) is 0 Å². The zero-order chi connectivity index (χ0) is 16.8. The number of likely N-dealkylation sites (tertiary alicyclic amines) is 1. The maximum atomic E-state index is 5.52. The summed E-state index contributed by atoms with van der Waals surface area (Å²) in [6.07, 6.45) is 9.54. The van der Waals surface area contributed by atoms with Crippen molar-refractivity contribution in [3.05, 3.63) is 35.8 Å². The molecule has 3 heteroatoms. The Bertz CT molecular complexity index is 466. The van der Waals surface area contributed by atoms with Crippen molar-refractivity contribution in [1.29, 1.82) is 0 Å². The van der Waals surface area contributed by atoms with Gasteiger partial charge in [-0.05, 0) is 49.8 Å². The van der Waals surface area contributed by atoms with Crippen molar-refractivity contribution >= 4 is 0 Å². The highest BCUT2D eigenvalue weighted by molar-refractivity contribution is 5.32. The Labute approximate surface area is 142 Å². The summed E-state index contributed by atoms with van der Waals surface area (Å²) in [5.41, 5.74) is 1.36. The number of hydrogen-bond donors (Lipinski definition) is 0. The molecule has 2 fully saturated rings. The first kappa shape index (κ1) is 18.1. The molecule has 3 atom stereocenters. The molecule has 2 saturated heterocycles. The second-order valence-electron chi connectivity index (χ2n) is 6.93. The largest absolute Gasteiger partial charge is 0.454 e. The van der Waals surface area contributed by atoms with Gasteiger partial charge >= 0.3 is 0 Å². The quantitative estimate of drug-likeness (QED) is 0.668. The summed E-state index contributed by atoms with van der Waals surface area (Å²) in [6, 6.07) is 0.712. The Balaban J connectivity index is 2.03. The smallest absolute Gasteiger partial charge is 0.231 e. The summed E-state index contributed by atoms with van der Waals surface area (Å²) in [5, 5.41) is 0. The molecule has 1 unspecified atom stereocenters. The summed E-state index contributed by atoms with van der Waals surface area (Å²) in [7, 11) is 0. The second-order valence-corrected chi connectivity index (χ2v) is 6.93. The standard InChI is InChI=1S/C20H33NO2/c1-6-9-15(4)10-19-11-18(13-21(19)8-3)17(7-2)12-20-16(5)22-14-23-20/h7,12,15,18-19H,5-6,8-11,13-14H2,1-4H3/b17-7+,20-12+/t15-,18-,19?/m1/s1. The number of rotatable bonds is 7. The van der Waals surface area contributed by atoms with Gasteiger partial charge in [-0.25, -0.2) is 0 Å². The molecule has 0 saturated carbocycles. The molecule has 0 radical (unpaired) electrons. The highest BCUT2D eigenvalue weighted by Gasteiger charge is 2.33. The molecule has 0 aromatic rings. The molecule has 130 valence electrons. The highest BCUT2D eigenvalue weighted by atomic mass is 16.7. The van der Waals surface area contributed by atoms with Gasteiger partial charge in [0.05, 0.1) is 0 Å². The molecule has 2 heterocycles. The first-order valence-corrected chi connectivity index (χ1v) is 9.15. The molecule has 0 bridgehead atoms. The van der Waals surface area contributed by atoms with Crippen LogP contribution in [-0.2, 0) is 9.47 Å². The van der Waals surface area contributed by atoms with Crippen molar-refractivity contribution in [3.8, 4) is 0 Å². The second kappa shape index (κ2) is 8.58. The van der Waals surface area contributed by atoms with Crippen molar-refractivity contribution in [1.82, 2.24) is 4.90 Å². The van der Waals surface area contributed by atoms with Crippen molar-refractivity contribution in [3.63, 3.8) is 0 Å². The lowest BCUT2D eigenvalue weighted by atomic mass is 9.90. The minimum Gasteiger partial charge on any atom is -0.454 e. The topological polar surface area (TPSA) is 21.7 Å². The Morgan fingerprint density at radius 2 is 2.17 bits per heavy atom. The van der Waals surface area contributed by atoms with Gasteiger partial charge in [0.15, 0.2) is 11.5 Å². The molecule has 0 aromatic carbocycles. The van der Waals surface area contributed by atoms with E-state index in [9.17, 15) is 0 Å². The fraction of sp³-hybridized carbons (Fsp3) is 0.700. The van der Waals surface area contributed by atoms with Crippen LogP contribution in [0, 0.1) is 11.8 Å². The average Bonchev–Trinajstić information content (AvgIpc) is 3.11. The molecular formula is C20H33NO2. The third-order valence-corrected chi connectivity index (χ3v) is 5.21. The van der Waals surface area contributed by atoms with Crippen LogP contribution in [0.4, 0.5) is 0 Å². The number of nitrogens with zero attached hydrogens (tertiary/aromatic N) is 1. The van der Waals surface area contributed by atoms with E-state index in [1.165, 1.54) is 31.3 Å². The molecule has 23 heavy (non-hydrogen) atoms. The fourth-order valence-corrected chi connectivity index (χ4v) is 3.96. The SMILES string of the molecule is C=C1OCO/C1=C/C(=C\C)[C@@H]1CC(C[C@H](C)CCC)N(CC)C1. The van der Waals surface area contributed by atoms with Crippen LogP contribution in [-0.4, -0.2) is 30.8 Å². The molecule has 0 amide bonds. The van der Waals surface area contributed by atoms with E-state index in [1.54, 1.807) is 0 Å². The molecule has 3 nitrogen and oxygen atoms in total. The zero-order valence-electron chi connectivity index (χ0n) is 15.3. The molecule has 0 aliphatic carbocycles. The lowest BCUT2D eigenvalue weighted by molar-refractivity contribution is 0.0979. The van der Waals surface area contributed by atoms with Gasteiger partial charge < -0.3 is 14.4 Å². The Kier molecular flexibility index (Phi) is 6.76. The van der Waals surface area contributed by atoms with Crippen LogP contribution < -0.4 is 0 Å². The van der Waals surface area contributed by atoms with Crippen LogP contribution >= 0.6 is 0 Å². The minimum absolute atomic E-state index is 0.296. The summed E-state index contributed by atoms with van der Waals surface area (Å²) in [4.78, 5) is 2.65. The van der Waals surface area contributed by atoms with Crippen LogP contribution in [0.15, 0.2) is 35.8 Å². The zero-order valence-corrected chi connectivity index (χ0v) is 15.3. The summed E-state index contributed by atoms with van der Waals surface area (Å²) in [5.74, 6) is 2.85. The van der Waals surface area contributed by atoms with Gasteiger partial charge in [0.2, 0.25) is 6.79 Å². The summed E-state index contributed by atoms with van der Waals surface area (Å²) < 4.78 is 10.8. The maximum Gasteiger partial charge on any atom is 0.231 e. The summed E-state index contributed by atoms with van der Waals surface area (Å²) >= 11 is 0. The molecular weight excluding hydrogens is 286 g/mol. The Morgan fingerprint density at radius 3 is 2.74 bits per heavy atom. The monoisotopic (exact) mass is 319 g/mol. The van der Waals surface area contributed by atoms with E-state index < -0.39 is 0 Å². The molecule has 2 aliphatic rings. The van der Waals surface area contributed by atoms with Gasteiger partial charge in [0, 0.05) is 12.6 Å². The third-order valence-electron chi connectivity index (χ3n) is 5.21. The Hall–Kier alpha value is -1.22. The van der Waals surface area contributed by atoms with Crippen molar-refractivity contribution in [2.45, 2.75) is 59.4 Å². The fourth-order valence-electron chi connectivity index (χ4n) is 3.96. The predicted octanol–water partition coefficient (Wildman–Crippen LogP) is 4.87. The lowest BCUT2D eigenvalue weighted by Gasteiger charge is -2.25. The minimum atomic E-state index is 0.296. The van der Waals surface area contributed by atoms with Crippen LogP contribution in [0.5, 0.6) is 0 Å². The van der Waals surface area contributed by atoms with Crippen LogP contribution in [0.25, 0.3) is 0 Å². The average molecular weight is 319 g/mol. The van der Waals surface area contributed by atoms with Crippen molar-refractivity contribution in [2.75, 3.05) is 19.9 Å². The van der Waals surface area contributed by atoms with E-state index >= 15 is 0 Å². The van der Waals surface area contributed by atoms with Gasteiger partial charge in [-0.3, -0.25) is 0 Å². The van der Waals surface area contributed by atoms with Crippen LogP contribution in [0.1, 0.15) is 53.4 Å². The van der Waals surface area contributed by atoms with Crippen molar-refractivity contribution < 1.29 is 9.47 Å². The van der Waals surface area contributed by atoms with E-state index in [2.05, 4.69) is 51.3 Å². The van der Waals surface area contributed by atoms with Crippen molar-refractivity contribution in [2.24, 2.45) is 11.8 Å². The van der Waals surface area contributed by atoms with E-state index in [0.29, 0.717) is 24.5 Å². The Morgan fingerprint density at radius 1 is 1.39 bits per heavy atom. The number of allylic oxidation sites excluding steroid dienone is 2. The first-order chi connectivity index (χ1) is 11.1. The van der Waals surface area contributed by atoms with Crippen LogP contribution in [0.3, 0.4) is 0 Å². The highest BCUT2D eigenvalue weighted by Crippen LogP contribution is 2.34. The van der Waals surface area contributed by atoms with Gasteiger partial charge in [-0.1, -0.05) is 46.3 Å². The van der Waals surface area contributed by atoms with Gasteiger partial charge in [-0.2, -0.15) is 0 Å². The molecule has 0 spiro atoms. The number of hydrogen-bond acceptors (Lipinski definition) is 3. The predicted molar refractivity (Wildman–Crippen MR) is 95.8 cm³/mol. The molecule has 2 aliphatic heterocycles. The molecule has 0 N–H and O–H groups in total. The first-order valence-electron chi connectivity index (χ1n) is 9.15. The van der Waals surface area contributed by atoms with Crippen LogP contribution in [0.2, 0.25) is 0 Å².